The Hall–Kier alpha value is -2.55. The van der Waals surface area contributed by atoms with Gasteiger partial charge in [0.05, 0.1) is 17.0 Å². The molecule has 28 heavy (non-hydrogen) atoms. The average molecular weight is 398 g/mol. The van der Waals surface area contributed by atoms with Crippen molar-refractivity contribution in [3.05, 3.63) is 60.4 Å². The zero-order valence-electron chi connectivity index (χ0n) is 15.5. The molecule has 8 heteroatoms. The van der Waals surface area contributed by atoms with E-state index in [1.54, 1.807) is 30.3 Å². The molecule has 2 heterocycles. The molecule has 0 amide bonds. The van der Waals surface area contributed by atoms with Crippen molar-refractivity contribution < 1.29 is 8.42 Å². The number of hydrogen-bond donors (Lipinski definition) is 2. The van der Waals surface area contributed by atoms with Gasteiger partial charge in [-0.3, -0.25) is 0 Å². The Balaban J connectivity index is 1.64. The second-order valence-corrected chi connectivity index (χ2v) is 8.48. The summed E-state index contributed by atoms with van der Waals surface area (Å²) in [6.45, 7) is 3.69. The van der Waals surface area contributed by atoms with Gasteiger partial charge in [-0.15, -0.1) is 0 Å². The molecule has 4 rings (SSSR count). The third-order valence-corrected chi connectivity index (χ3v) is 6.16. The van der Waals surface area contributed by atoms with Crippen LogP contribution in [0, 0.1) is 0 Å². The highest BCUT2D eigenvalue weighted by atomic mass is 32.2. The van der Waals surface area contributed by atoms with Gasteiger partial charge in [0, 0.05) is 25.0 Å². The van der Waals surface area contributed by atoms with Gasteiger partial charge >= 0.3 is 0 Å². The molecule has 1 fully saturated rings. The fraction of sp³-hybridized carbons (Fsp3) is 0.300. The van der Waals surface area contributed by atoms with E-state index in [4.69, 9.17) is 4.98 Å². The summed E-state index contributed by atoms with van der Waals surface area (Å²) in [5.74, 6) is 1.33. The van der Waals surface area contributed by atoms with Crippen LogP contribution in [-0.2, 0) is 16.6 Å². The van der Waals surface area contributed by atoms with Gasteiger partial charge in [-0.1, -0.05) is 30.3 Å². The summed E-state index contributed by atoms with van der Waals surface area (Å²) in [7, 11) is -3.61. The quantitative estimate of drug-likeness (QED) is 0.684. The minimum atomic E-state index is -3.61. The molecule has 3 aromatic rings. The van der Waals surface area contributed by atoms with Crippen molar-refractivity contribution in [2.24, 2.45) is 0 Å². The van der Waals surface area contributed by atoms with Gasteiger partial charge in [0.2, 0.25) is 10.0 Å². The summed E-state index contributed by atoms with van der Waals surface area (Å²) in [6.07, 6.45) is 1.04. The number of rotatable bonds is 5. The molecule has 1 saturated heterocycles. The fourth-order valence-corrected chi connectivity index (χ4v) is 4.33. The van der Waals surface area contributed by atoms with E-state index in [1.165, 1.54) is 0 Å². The van der Waals surface area contributed by atoms with Crippen molar-refractivity contribution in [1.29, 1.82) is 0 Å². The van der Waals surface area contributed by atoms with Crippen LogP contribution < -0.4 is 14.9 Å². The van der Waals surface area contributed by atoms with Crippen LogP contribution in [0.3, 0.4) is 0 Å². The van der Waals surface area contributed by atoms with Crippen LogP contribution in [0.1, 0.15) is 12.2 Å². The van der Waals surface area contributed by atoms with Crippen molar-refractivity contribution in [2.45, 2.75) is 17.9 Å². The lowest BCUT2D eigenvalue weighted by molar-refractivity contribution is 0.579. The monoisotopic (exact) mass is 397 g/mol. The molecule has 0 bridgehead atoms. The Morgan fingerprint density at radius 3 is 2.61 bits per heavy atom. The molecule has 7 nitrogen and oxygen atoms in total. The number of aromatic nitrogens is 2. The third-order valence-electron chi connectivity index (χ3n) is 4.74. The molecule has 1 aromatic heterocycles. The largest absolute Gasteiger partial charge is 0.355 e. The Bertz CT molecular complexity index is 1050. The third kappa shape index (κ3) is 4.14. The van der Waals surface area contributed by atoms with Crippen molar-refractivity contribution in [1.82, 2.24) is 20.0 Å². The number of nitrogens with zero attached hydrogens (tertiary/aromatic N) is 3. The first-order chi connectivity index (χ1) is 13.6. The summed E-state index contributed by atoms with van der Waals surface area (Å²) in [4.78, 5) is 11.8. The molecule has 0 saturated carbocycles. The number of fused-ring (bicyclic) bond motifs is 1. The van der Waals surface area contributed by atoms with E-state index >= 15 is 0 Å². The Morgan fingerprint density at radius 2 is 1.75 bits per heavy atom. The normalized spacial score (nSPS) is 15.5. The summed E-state index contributed by atoms with van der Waals surface area (Å²) >= 11 is 0. The van der Waals surface area contributed by atoms with E-state index in [-0.39, 0.29) is 11.4 Å². The lowest BCUT2D eigenvalue weighted by atomic mass is 10.2. The minimum Gasteiger partial charge on any atom is -0.355 e. The highest BCUT2D eigenvalue weighted by Crippen LogP contribution is 2.24. The number of sulfonamides is 1. The van der Waals surface area contributed by atoms with Gasteiger partial charge in [0.15, 0.2) is 0 Å². The Kier molecular flexibility index (Phi) is 5.52. The molecule has 1 aliphatic rings. The van der Waals surface area contributed by atoms with Crippen LogP contribution in [-0.4, -0.2) is 44.6 Å². The minimum absolute atomic E-state index is 0.0428. The van der Waals surface area contributed by atoms with Crippen LogP contribution >= 0.6 is 0 Å². The molecule has 0 aliphatic carbocycles. The van der Waals surface area contributed by atoms with Crippen molar-refractivity contribution >= 4 is 26.7 Å². The first-order valence-corrected chi connectivity index (χ1v) is 10.9. The van der Waals surface area contributed by atoms with Crippen LogP contribution in [0.5, 0.6) is 0 Å². The number of hydrogen-bond acceptors (Lipinski definition) is 6. The van der Waals surface area contributed by atoms with E-state index in [0.29, 0.717) is 5.82 Å². The molecule has 1 aliphatic heterocycles. The topological polar surface area (TPSA) is 87.2 Å². The van der Waals surface area contributed by atoms with Crippen LogP contribution in [0.25, 0.3) is 10.9 Å². The highest BCUT2D eigenvalue weighted by molar-refractivity contribution is 7.89. The van der Waals surface area contributed by atoms with Crippen LogP contribution in [0.15, 0.2) is 59.5 Å². The lowest BCUT2D eigenvalue weighted by Crippen LogP contribution is -2.30. The standard InChI is InChI=1S/C20H23N5O2S/c26-28(27,16-7-2-1-3-8-16)22-15-19-23-18-10-5-4-9-17(18)20(24-19)25-13-6-11-21-12-14-25/h1-5,7-10,21-22H,6,11-15H2. The SMILES string of the molecule is O=S(=O)(NCc1nc(N2CCCNCC2)c2ccccc2n1)c1ccccc1. The predicted octanol–water partition coefficient (Wildman–Crippen LogP) is 1.91. The van der Waals surface area contributed by atoms with E-state index in [1.807, 2.05) is 24.3 Å². The van der Waals surface area contributed by atoms with E-state index in [2.05, 4.69) is 19.9 Å². The van der Waals surface area contributed by atoms with E-state index < -0.39 is 10.0 Å². The Morgan fingerprint density at radius 1 is 0.964 bits per heavy atom. The van der Waals surface area contributed by atoms with E-state index in [9.17, 15) is 8.42 Å². The van der Waals surface area contributed by atoms with Crippen LogP contribution in [0.2, 0.25) is 0 Å². The lowest BCUT2D eigenvalue weighted by Gasteiger charge is -2.23. The first kappa shape index (κ1) is 18.8. The van der Waals surface area contributed by atoms with Crippen molar-refractivity contribution in [3.63, 3.8) is 0 Å². The smallest absolute Gasteiger partial charge is 0.240 e. The summed E-state index contributed by atoms with van der Waals surface area (Å²) < 4.78 is 27.6. The van der Waals surface area contributed by atoms with Gasteiger partial charge in [0.1, 0.15) is 11.6 Å². The number of para-hydroxylation sites is 1. The summed E-state index contributed by atoms with van der Waals surface area (Å²) in [6, 6.07) is 16.2. The van der Waals surface area contributed by atoms with Gasteiger partial charge in [-0.25, -0.2) is 23.1 Å². The molecule has 146 valence electrons. The predicted molar refractivity (Wildman–Crippen MR) is 110 cm³/mol. The molecular formula is C20H23N5O2S. The number of anilines is 1. The zero-order valence-corrected chi connectivity index (χ0v) is 16.3. The van der Waals surface area contributed by atoms with Gasteiger partial charge in [0.25, 0.3) is 0 Å². The first-order valence-electron chi connectivity index (χ1n) is 9.39. The van der Waals surface area contributed by atoms with Gasteiger partial charge < -0.3 is 10.2 Å². The average Bonchev–Trinajstić information content (AvgIpc) is 3.02. The molecule has 0 unspecified atom stereocenters. The van der Waals surface area contributed by atoms with Crippen molar-refractivity contribution in [3.8, 4) is 0 Å². The maximum atomic E-state index is 12.5. The fourth-order valence-electron chi connectivity index (χ4n) is 3.33. The van der Waals surface area contributed by atoms with Crippen LogP contribution in [0.4, 0.5) is 5.82 Å². The highest BCUT2D eigenvalue weighted by Gasteiger charge is 2.18. The summed E-state index contributed by atoms with van der Waals surface area (Å²) in [5, 5.41) is 4.38. The molecule has 0 spiro atoms. The molecule has 0 atom stereocenters. The molecule has 0 radical (unpaired) electrons. The van der Waals surface area contributed by atoms with E-state index in [0.717, 1.165) is 49.3 Å². The second kappa shape index (κ2) is 8.22. The summed E-state index contributed by atoms with van der Waals surface area (Å²) in [5.41, 5.74) is 0.818. The zero-order chi connectivity index (χ0) is 19.4. The van der Waals surface area contributed by atoms with Gasteiger partial charge in [-0.05, 0) is 37.2 Å². The molecule has 2 aromatic carbocycles. The number of benzene rings is 2. The molecule has 2 N–H and O–H groups in total. The number of nitrogens with one attached hydrogen (secondary N) is 2. The molecular weight excluding hydrogens is 374 g/mol. The van der Waals surface area contributed by atoms with Gasteiger partial charge in [-0.2, -0.15) is 0 Å². The maximum Gasteiger partial charge on any atom is 0.240 e. The van der Waals surface area contributed by atoms with Crippen molar-refractivity contribution in [2.75, 3.05) is 31.1 Å². The second-order valence-electron chi connectivity index (χ2n) is 6.71. The maximum absolute atomic E-state index is 12.5. The Labute approximate surface area is 164 Å².